The second-order valence-corrected chi connectivity index (χ2v) is 6.33. The Morgan fingerprint density at radius 3 is 2.52 bits per heavy atom. The molecule has 3 aliphatic rings. The van der Waals surface area contributed by atoms with Crippen LogP contribution in [0.5, 0.6) is 5.75 Å². The molecule has 0 aromatic heterocycles. The Labute approximate surface area is 123 Å². The fourth-order valence-electron chi connectivity index (χ4n) is 4.28. The van der Waals surface area contributed by atoms with Crippen molar-refractivity contribution in [1.29, 1.82) is 0 Å². The molecule has 4 unspecified atom stereocenters. The minimum atomic E-state index is -0.559. The zero-order valence-corrected chi connectivity index (χ0v) is 12.1. The van der Waals surface area contributed by atoms with E-state index in [0.717, 1.165) is 6.42 Å². The lowest BCUT2D eigenvalue weighted by Crippen LogP contribution is -2.37. The van der Waals surface area contributed by atoms with Gasteiger partial charge in [0, 0.05) is 0 Å². The minimum Gasteiger partial charge on any atom is -0.497 e. The predicted octanol–water partition coefficient (Wildman–Crippen LogP) is 2.40. The fraction of sp³-hybridized carbons (Fsp3) is 0.412. The molecule has 0 spiro atoms. The Kier molecular flexibility index (Phi) is 2.39. The van der Waals surface area contributed by atoms with Crippen LogP contribution in [-0.2, 0) is 9.59 Å². The first-order valence-corrected chi connectivity index (χ1v) is 7.28. The van der Waals surface area contributed by atoms with Crippen molar-refractivity contribution in [3.63, 3.8) is 0 Å². The summed E-state index contributed by atoms with van der Waals surface area (Å²) in [7, 11) is 1.59. The first kappa shape index (κ1) is 12.6. The number of carbonyl (C=O) groups excluding carboxylic acids is 2. The molecule has 0 radical (unpaired) electrons. The molecule has 4 rings (SSSR count). The van der Waals surface area contributed by atoms with Gasteiger partial charge in [-0.25, -0.2) is 4.90 Å². The van der Waals surface area contributed by atoms with E-state index in [4.69, 9.17) is 4.74 Å². The van der Waals surface area contributed by atoms with Crippen LogP contribution in [0.1, 0.15) is 13.3 Å². The molecule has 4 nitrogen and oxygen atoms in total. The van der Waals surface area contributed by atoms with Gasteiger partial charge in [-0.05, 0) is 49.4 Å². The first-order chi connectivity index (χ1) is 10.1. The molecule has 2 amide bonds. The number of hydrogen-bond donors (Lipinski definition) is 0. The number of nitrogens with zero attached hydrogens (tertiary/aromatic N) is 1. The molecule has 1 aromatic rings. The Morgan fingerprint density at radius 1 is 1.19 bits per heavy atom. The van der Waals surface area contributed by atoms with E-state index in [1.165, 1.54) is 4.90 Å². The normalized spacial score (nSPS) is 36.5. The molecule has 2 aliphatic carbocycles. The Morgan fingerprint density at radius 2 is 1.90 bits per heavy atom. The van der Waals surface area contributed by atoms with Crippen molar-refractivity contribution in [3.8, 4) is 5.75 Å². The van der Waals surface area contributed by atoms with E-state index in [0.29, 0.717) is 11.4 Å². The van der Waals surface area contributed by atoms with Gasteiger partial charge in [-0.2, -0.15) is 0 Å². The quantitative estimate of drug-likeness (QED) is 0.618. The number of benzene rings is 1. The van der Waals surface area contributed by atoms with Crippen molar-refractivity contribution >= 4 is 17.5 Å². The highest BCUT2D eigenvalue weighted by atomic mass is 16.5. The first-order valence-electron chi connectivity index (χ1n) is 7.28. The second-order valence-electron chi connectivity index (χ2n) is 6.33. The highest BCUT2D eigenvalue weighted by Gasteiger charge is 2.67. The molecule has 2 fully saturated rings. The topological polar surface area (TPSA) is 46.6 Å². The molecule has 1 heterocycles. The minimum absolute atomic E-state index is 0.0514. The number of amides is 2. The number of carbonyl (C=O) groups is 2. The number of fused-ring (bicyclic) bond motifs is 5. The van der Waals surface area contributed by atoms with Gasteiger partial charge in [0.25, 0.3) is 0 Å². The summed E-state index contributed by atoms with van der Waals surface area (Å²) in [5.41, 5.74) is 0.0806. The van der Waals surface area contributed by atoms with Crippen LogP contribution < -0.4 is 9.64 Å². The molecular formula is C17H17NO3. The van der Waals surface area contributed by atoms with Gasteiger partial charge in [0.05, 0.1) is 24.1 Å². The van der Waals surface area contributed by atoms with Gasteiger partial charge in [0.15, 0.2) is 0 Å². The lowest BCUT2D eigenvalue weighted by atomic mass is 9.71. The number of ether oxygens (including phenoxy) is 1. The van der Waals surface area contributed by atoms with Crippen molar-refractivity contribution in [3.05, 3.63) is 36.4 Å². The van der Waals surface area contributed by atoms with E-state index in [1.54, 1.807) is 31.4 Å². The molecule has 2 bridgehead atoms. The molecule has 4 heteroatoms. The predicted molar refractivity (Wildman–Crippen MR) is 77.8 cm³/mol. The molecule has 108 valence electrons. The van der Waals surface area contributed by atoms with Gasteiger partial charge < -0.3 is 4.74 Å². The van der Waals surface area contributed by atoms with Crippen molar-refractivity contribution in [2.24, 2.45) is 23.2 Å². The molecule has 4 atom stereocenters. The molecule has 1 saturated carbocycles. The summed E-state index contributed by atoms with van der Waals surface area (Å²) in [5.74, 6) is 0.837. The van der Waals surface area contributed by atoms with E-state index >= 15 is 0 Å². The van der Waals surface area contributed by atoms with Crippen LogP contribution in [0.25, 0.3) is 0 Å². The average Bonchev–Trinajstić information content (AvgIpc) is 3.12. The third-order valence-corrected chi connectivity index (χ3v) is 5.44. The number of allylic oxidation sites excluding steroid dienone is 2. The van der Waals surface area contributed by atoms with Crippen molar-refractivity contribution < 1.29 is 14.3 Å². The molecule has 0 N–H and O–H groups in total. The van der Waals surface area contributed by atoms with E-state index in [-0.39, 0.29) is 29.6 Å². The summed E-state index contributed by atoms with van der Waals surface area (Å²) in [6, 6.07) is 7.10. The van der Waals surface area contributed by atoms with Crippen LogP contribution in [0.2, 0.25) is 0 Å². The Hall–Kier alpha value is -2.10. The average molecular weight is 283 g/mol. The van der Waals surface area contributed by atoms with Crippen molar-refractivity contribution in [2.75, 3.05) is 12.0 Å². The van der Waals surface area contributed by atoms with Crippen LogP contribution in [0, 0.1) is 23.2 Å². The van der Waals surface area contributed by atoms with Crippen LogP contribution in [0.15, 0.2) is 36.4 Å². The Bertz CT molecular complexity index is 663. The number of rotatable bonds is 2. The van der Waals surface area contributed by atoms with Gasteiger partial charge >= 0.3 is 0 Å². The van der Waals surface area contributed by atoms with Crippen LogP contribution in [-0.4, -0.2) is 18.9 Å². The highest BCUT2D eigenvalue weighted by Crippen LogP contribution is 2.60. The zero-order valence-electron chi connectivity index (χ0n) is 12.1. The van der Waals surface area contributed by atoms with Crippen LogP contribution in [0.4, 0.5) is 5.69 Å². The lowest BCUT2D eigenvalue weighted by molar-refractivity contribution is -0.127. The van der Waals surface area contributed by atoms with Gasteiger partial charge in [0.1, 0.15) is 5.75 Å². The third-order valence-electron chi connectivity index (χ3n) is 5.44. The molecule has 1 saturated heterocycles. The molecule has 1 aliphatic heterocycles. The number of hydrogen-bond acceptors (Lipinski definition) is 3. The molecule has 1 aromatic carbocycles. The second kappa shape index (κ2) is 3.97. The maximum atomic E-state index is 12.9. The van der Waals surface area contributed by atoms with Gasteiger partial charge in [0.2, 0.25) is 11.8 Å². The summed E-state index contributed by atoms with van der Waals surface area (Å²) in [6.07, 6.45) is 5.17. The highest BCUT2D eigenvalue weighted by molar-refractivity contribution is 6.24. The summed E-state index contributed by atoms with van der Waals surface area (Å²) in [5, 5.41) is 0. The van der Waals surface area contributed by atoms with E-state index < -0.39 is 5.41 Å². The maximum Gasteiger partial charge on any atom is 0.241 e. The maximum absolute atomic E-state index is 12.9. The van der Waals surface area contributed by atoms with Crippen molar-refractivity contribution in [1.82, 2.24) is 0 Å². The van der Waals surface area contributed by atoms with Crippen molar-refractivity contribution in [2.45, 2.75) is 13.3 Å². The smallest absolute Gasteiger partial charge is 0.241 e. The Balaban J connectivity index is 1.75. The number of anilines is 1. The monoisotopic (exact) mass is 283 g/mol. The van der Waals surface area contributed by atoms with Crippen LogP contribution in [0.3, 0.4) is 0 Å². The van der Waals surface area contributed by atoms with Gasteiger partial charge in [-0.1, -0.05) is 12.2 Å². The number of methoxy groups -OCH3 is 1. The summed E-state index contributed by atoms with van der Waals surface area (Å²) < 4.78 is 5.13. The summed E-state index contributed by atoms with van der Waals surface area (Å²) >= 11 is 0. The van der Waals surface area contributed by atoms with Crippen LogP contribution >= 0.6 is 0 Å². The largest absolute Gasteiger partial charge is 0.497 e. The van der Waals surface area contributed by atoms with E-state index in [9.17, 15) is 9.59 Å². The van der Waals surface area contributed by atoms with Gasteiger partial charge in [-0.15, -0.1) is 0 Å². The SMILES string of the molecule is COc1ccc(N2C(=O)C3C4C=CC(C4)C3(C)C2=O)cc1. The lowest BCUT2D eigenvalue weighted by Gasteiger charge is -2.28. The molecular weight excluding hydrogens is 266 g/mol. The summed E-state index contributed by atoms with van der Waals surface area (Å²) in [6.45, 7) is 1.95. The standard InChI is InChI=1S/C17H17NO3/c1-17-11-4-3-10(9-11)14(17)15(19)18(16(17)20)12-5-7-13(21-2)8-6-12/h3-8,10-11,14H,9H2,1-2H3. The molecule has 21 heavy (non-hydrogen) atoms. The fourth-order valence-corrected chi connectivity index (χ4v) is 4.28. The van der Waals surface area contributed by atoms with E-state index in [1.807, 2.05) is 6.92 Å². The third kappa shape index (κ3) is 1.40. The van der Waals surface area contributed by atoms with Gasteiger partial charge in [-0.3, -0.25) is 9.59 Å². The van der Waals surface area contributed by atoms with E-state index in [2.05, 4.69) is 12.2 Å². The zero-order chi connectivity index (χ0) is 14.8. The number of imide groups is 1. The summed E-state index contributed by atoms with van der Waals surface area (Å²) in [4.78, 5) is 27.1.